The third-order valence-electron chi connectivity index (χ3n) is 3.43. The van der Waals surface area contributed by atoms with Gasteiger partial charge in [-0.05, 0) is 29.5 Å². The van der Waals surface area contributed by atoms with Crippen molar-refractivity contribution in [1.82, 2.24) is 0 Å². The third-order valence-corrected chi connectivity index (χ3v) is 3.43. The second-order valence-electron chi connectivity index (χ2n) is 4.94. The molecule has 1 nitrogen and oxygen atoms in total. The molecule has 0 spiro atoms. The Balaban J connectivity index is 2.26. The molecule has 1 atom stereocenters. The largest absolute Gasteiger partial charge is 0.507 e. The number of aromatic hydroxyl groups is 1. The molecule has 2 rings (SSSR count). The van der Waals surface area contributed by atoms with Crippen molar-refractivity contribution in [1.29, 1.82) is 0 Å². The van der Waals surface area contributed by atoms with Crippen LogP contribution in [0.2, 0.25) is 0 Å². The maximum atomic E-state index is 10.1. The van der Waals surface area contributed by atoms with Gasteiger partial charge in [-0.1, -0.05) is 62.7 Å². The highest BCUT2D eigenvalue weighted by Gasteiger charge is 2.07. The van der Waals surface area contributed by atoms with E-state index in [1.54, 1.807) is 0 Å². The molecular formula is C17H20O. The second kappa shape index (κ2) is 5.72. The Kier molecular flexibility index (Phi) is 4.03. The van der Waals surface area contributed by atoms with Crippen LogP contribution in [0, 0.1) is 5.92 Å². The van der Waals surface area contributed by atoms with E-state index in [4.69, 9.17) is 0 Å². The summed E-state index contributed by atoms with van der Waals surface area (Å²) >= 11 is 0. The molecule has 1 heteroatoms. The maximum absolute atomic E-state index is 10.1. The van der Waals surface area contributed by atoms with Gasteiger partial charge in [0, 0.05) is 5.56 Å². The molecular weight excluding hydrogens is 220 g/mol. The summed E-state index contributed by atoms with van der Waals surface area (Å²) in [7, 11) is 0. The zero-order chi connectivity index (χ0) is 13.0. The van der Waals surface area contributed by atoms with E-state index in [2.05, 4.69) is 19.9 Å². The van der Waals surface area contributed by atoms with Crippen LogP contribution >= 0.6 is 0 Å². The van der Waals surface area contributed by atoms with Gasteiger partial charge >= 0.3 is 0 Å². The highest BCUT2D eigenvalue weighted by atomic mass is 16.3. The Morgan fingerprint density at radius 3 is 2.39 bits per heavy atom. The summed E-state index contributed by atoms with van der Waals surface area (Å²) in [4.78, 5) is 0. The van der Waals surface area contributed by atoms with Crippen LogP contribution < -0.4 is 0 Å². The lowest BCUT2D eigenvalue weighted by atomic mass is 9.96. The van der Waals surface area contributed by atoms with E-state index in [0.717, 1.165) is 17.5 Å². The molecule has 0 heterocycles. The SMILES string of the molecule is CC[C@H](C)Cc1ccc(-c2ccccc2)c(O)c1. The molecule has 18 heavy (non-hydrogen) atoms. The average Bonchev–Trinajstić information content (AvgIpc) is 2.40. The summed E-state index contributed by atoms with van der Waals surface area (Å²) in [6, 6.07) is 16.0. The molecule has 0 amide bonds. The van der Waals surface area contributed by atoms with Gasteiger partial charge in [0.2, 0.25) is 0 Å². The topological polar surface area (TPSA) is 20.2 Å². The Morgan fingerprint density at radius 1 is 1.06 bits per heavy atom. The zero-order valence-corrected chi connectivity index (χ0v) is 11.1. The molecule has 0 radical (unpaired) electrons. The average molecular weight is 240 g/mol. The van der Waals surface area contributed by atoms with Crippen LogP contribution in [0.1, 0.15) is 25.8 Å². The molecule has 0 fully saturated rings. The molecule has 1 N–H and O–H groups in total. The van der Waals surface area contributed by atoms with E-state index < -0.39 is 0 Å². The number of rotatable bonds is 4. The third kappa shape index (κ3) is 2.92. The van der Waals surface area contributed by atoms with Gasteiger partial charge in [-0.3, -0.25) is 0 Å². The van der Waals surface area contributed by atoms with Crippen molar-refractivity contribution in [3.63, 3.8) is 0 Å². The lowest BCUT2D eigenvalue weighted by molar-refractivity contribution is 0.475. The standard InChI is InChI=1S/C17H20O/c1-3-13(2)11-14-9-10-16(17(18)12-14)15-7-5-4-6-8-15/h4-10,12-13,18H,3,11H2,1-2H3/t13-/m0/s1. The molecule has 0 bridgehead atoms. The summed E-state index contributed by atoms with van der Waals surface area (Å²) in [6.07, 6.45) is 2.19. The van der Waals surface area contributed by atoms with Crippen molar-refractivity contribution in [2.45, 2.75) is 26.7 Å². The Hall–Kier alpha value is -1.76. The highest BCUT2D eigenvalue weighted by molar-refractivity contribution is 5.70. The van der Waals surface area contributed by atoms with Gasteiger partial charge in [0.05, 0.1) is 0 Å². The number of hydrogen-bond donors (Lipinski definition) is 1. The van der Waals surface area contributed by atoms with Crippen molar-refractivity contribution in [3.05, 3.63) is 54.1 Å². The van der Waals surface area contributed by atoms with E-state index in [1.165, 1.54) is 12.0 Å². The first-order valence-electron chi connectivity index (χ1n) is 6.58. The predicted octanol–water partition coefficient (Wildman–Crippen LogP) is 4.65. The number of phenols is 1. The van der Waals surface area contributed by atoms with E-state index in [9.17, 15) is 5.11 Å². The fourth-order valence-corrected chi connectivity index (χ4v) is 2.11. The predicted molar refractivity (Wildman–Crippen MR) is 76.7 cm³/mol. The van der Waals surface area contributed by atoms with Gasteiger partial charge in [-0.25, -0.2) is 0 Å². The van der Waals surface area contributed by atoms with E-state index >= 15 is 0 Å². The molecule has 0 aliphatic carbocycles. The van der Waals surface area contributed by atoms with Crippen LogP contribution in [0.4, 0.5) is 0 Å². The van der Waals surface area contributed by atoms with Crippen LogP contribution in [-0.4, -0.2) is 5.11 Å². The summed E-state index contributed by atoms with van der Waals surface area (Å²) in [6.45, 7) is 4.44. The van der Waals surface area contributed by atoms with Gasteiger partial charge in [0.25, 0.3) is 0 Å². The first-order valence-corrected chi connectivity index (χ1v) is 6.58. The van der Waals surface area contributed by atoms with Gasteiger partial charge in [-0.15, -0.1) is 0 Å². The van der Waals surface area contributed by atoms with Crippen LogP contribution in [0.25, 0.3) is 11.1 Å². The fourth-order valence-electron chi connectivity index (χ4n) is 2.11. The van der Waals surface area contributed by atoms with Crippen molar-refractivity contribution in [2.75, 3.05) is 0 Å². The Morgan fingerprint density at radius 2 is 1.78 bits per heavy atom. The molecule has 2 aromatic carbocycles. The first kappa shape index (κ1) is 12.7. The van der Waals surface area contributed by atoms with E-state index in [0.29, 0.717) is 11.7 Å². The van der Waals surface area contributed by atoms with Crippen LogP contribution in [-0.2, 0) is 6.42 Å². The lowest BCUT2D eigenvalue weighted by Crippen LogP contribution is -1.97. The molecule has 0 saturated carbocycles. The molecule has 0 saturated heterocycles. The monoisotopic (exact) mass is 240 g/mol. The van der Waals surface area contributed by atoms with Gasteiger partial charge < -0.3 is 5.11 Å². The first-order chi connectivity index (χ1) is 8.70. The normalized spacial score (nSPS) is 12.3. The minimum Gasteiger partial charge on any atom is -0.507 e. The number of hydrogen-bond acceptors (Lipinski definition) is 1. The minimum atomic E-state index is 0.377. The number of phenolic OH excluding ortho intramolecular Hbond substituents is 1. The quantitative estimate of drug-likeness (QED) is 0.825. The molecule has 0 aliphatic heterocycles. The maximum Gasteiger partial charge on any atom is 0.123 e. The van der Waals surface area contributed by atoms with Crippen LogP contribution in [0.5, 0.6) is 5.75 Å². The van der Waals surface area contributed by atoms with Gasteiger partial charge in [0.15, 0.2) is 0 Å². The smallest absolute Gasteiger partial charge is 0.123 e. The van der Waals surface area contributed by atoms with Crippen molar-refractivity contribution in [2.24, 2.45) is 5.92 Å². The molecule has 0 aromatic heterocycles. The summed E-state index contributed by atoms with van der Waals surface area (Å²) in [5.74, 6) is 1.04. The second-order valence-corrected chi connectivity index (χ2v) is 4.94. The van der Waals surface area contributed by atoms with Crippen molar-refractivity contribution in [3.8, 4) is 16.9 Å². The van der Waals surface area contributed by atoms with E-state index in [-0.39, 0.29) is 0 Å². The zero-order valence-electron chi connectivity index (χ0n) is 11.1. The summed E-state index contributed by atoms with van der Waals surface area (Å²) < 4.78 is 0. The van der Waals surface area contributed by atoms with E-state index in [1.807, 2.05) is 42.5 Å². The Labute approximate surface area is 109 Å². The molecule has 94 valence electrons. The number of benzene rings is 2. The van der Waals surface area contributed by atoms with Gasteiger partial charge in [-0.2, -0.15) is 0 Å². The molecule has 0 aliphatic rings. The Bertz CT molecular complexity index is 502. The lowest BCUT2D eigenvalue weighted by Gasteiger charge is -2.11. The summed E-state index contributed by atoms with van der Waals surface area (Å²) in [5.41, 5.74) is 3.18. The summed E-state index contributed by atoms with van der Waals surface area (Å²) in [5, 5.41) is 10.1. The van der Waals surface area contributed by atoms with Crippen molar-refractivity contribution >= 4 is 0 Å². The van der Waals surface area contributed by atoms with Gasteiger partial charge in [0.1, 0.15) is 5.75 Å². The fraction of sp³-hybridized carbons (Fsp3) is 0.294. The molecule has 2 aromatic rings. The minimum absolute atomic E-state index is 0.377. The van der Waals surface area contributed by atoms with Crippen LogP contribution in [0.15, 0.2) is 48.5 Å². The van der Waals surface area contributed by atoms with Crippen molar-refractivity contribution < 1.29 is 5.11 Å². The molecule has 0 unspecified atom stereocenters. The highest BCUT2D eigenvalue weighted by Crippen LogP contribution is 2.30. The van der Waals surface area contributed by atoms with Crippen LogP contribution in [0.3, 0.4) is 0 Å².